The van der Waals surface area contributed by atoms with Crippen LogP contribution in [-0.4, -0.2) is 4.98 Å². The summed E-state index contributed by atoms with van der Waals surface area (Å²) in [7, 11) is 0. The fourth-order valence-corrected chi connectivity index (χ4v) is 0.686. The maximum Gasteiger partial charge on any atom is 0.0821 e. The molecule has 1 heterocycles. The largest absolute Gasteiger partial charge is 0.265 e. The van der Waals surface area contributed by atoms with E-state index in [1.54, 1.807) is 12.4 Å². The molecule has 0 N–H and O–H groups in total. The van der Waals surface area contributed by atoms with Gasteiger partial charge < -0.3 is 0 Å². The quantitative estimate of drug-likeness (QED) is 0.539. The zero-order valence-electron chi connectivity index (χ0n) is 5.25. The molecule has 0 radical (unpaired) electrons. The predicted octanol–water partition coefficient (Wildman–Crippen LogP) is 1.66. The molecular weight excluding hydrogens is 110 g/mol. The summed E-state index contributed by atoms with van der Waals surface area (Å²) >= 11 is 0. The Balaban J connectivity index is 2.61. The van der Waals surface area contributed by atoms with E-state index in [0.29, 0.717) is 0 Å². The van der Waals surface area contributed by atoms with E-state index in [4.69, 9.17) is 0 Å². The van der Waals surface area contributed by atoms with Crippen molar-refractivity contribution in [2.75, 3.05) is 0 Å². The third-order valence-corrected chi connectivity index (χ3v) is 1.13. The van der Waals surface area contributed by atoms with Crippen LogP contribution in [0, 0.1) is 13.3 Å². The number of hydrogen-bond acceptors (Lipinski definition) is 1. The Morgan fingerprint density at radius 1 is 1.44 bits per heavy atom. The van der Waals surface area contributed by atoms with Crippen molar-refractivity contribution in [1.29, 1.82) is 0 Å². The van der Waals surface area contributed by atoms with Crippen LogP contribution in [-0.2, 0) is 6.42 Å². The minimum absolute atomic E-state index is 0.933. The predicted molar refractivity (Wildman–Crippen MR) is 37.6 cm³/mol. The summed E-state index contributed by atoms with van der Waals surface area (Å²) in [6.07, 6.45) is 6.40. The molecule has 0 unspecified atom stereocenters. The second-order valence-electron chi connectivity index (χ2n) is 1.85. The summed E-state index contributed by atoms with van der Waals surface area (Å²) in [6.45, 7) is 3.64. The topological polar surface area (TPSA) is 12.9 Å². The van der Waals surface area contributed by atoms with E-state index in [9.17, 15) is 0 Å². The van der Waals surface area contributed by atoms with Gasteiger partial charge in [0.15, 0.2) is 0 Å². The van der Waals surface area contributed by atoms with Gasteiger partial charge in [0, 0.05) is 12.4 Å². The fourth-order valence-electron chi connectivity index (χ4n) is 0.686. The van der Waals surface area contributed by atoms with Crippen molar-refractivity contribution in [2.24, 2.45) is 0 Å². The van der Waals surface area contributed by atoms with E-state index in [1.165, 1.54) is 5.56 Å². The van der Waals surface area contributed by atoms with Crippen LogP contribution >= 0.6 is 0 Å². The van der Waals surface area contributed by atoms with Gasteiger partial charge in [-0.2, -0.15) is 0 Å². The molecule has 46 valence electrons. The summed E-state index contributed by atoms with van der Waals surface area (Å²) in [5.41, 5.74) is 1.26. The van der Waals surface area contributed by atoms with E-state index >= 15 is 0 Å². The second-order valence-corrected chi connectivity index (χ2v) is 1.85. The Morgan fingerprint density at radius 3 is 2.67 bits per heavy atom. The lowest BCUT2D eigenvalue weighted by Gasteiger charge is -1.90. The number of nitrogens with zero attached hydrogens (tertiary/aromatic N) is 1. The number of aromatic nitrogens is 1. The van der Waals surface area contributed by atoms with Crippen LogP contribution < -0.4 is 0 Å². The molecule has 1 aromatic heterocycles. The minimum Gasteiger partial charge on any atom is -0.265 e. The number of pyridine rings is 1. The van der Waals surface area contributed by atoms with Gasteiger partial charge in [-0.25, -0.2) is 0 Å². The van der Waals surface area contributed by atoms with Crippen molar-refractivity contribution in [1.82, 2.24) is 4.98 Å². The summed E-state index contributed by atoms with van der Waals surface area (Å²) in [4.78, 5) is 3.89. The molecule has 0 bridgehead atoms. The van der Waals surface area contributed by atoms with Gasteiger partial charge in [-0.05, 0) is 17.7 Å². The maximum atomic E-state index is 3.89. The highest BCUT2D eigenvalue weighted by Gasteiger charge is 1.88. The Kier molecular flexibility index (Phi) is 2.13. The first-order valence-electron chi connectivity index (χ1n) is 2.93. The second kappa shape index (κ2) is 3.13. The van der Waals surface area contributed by atoms with Gasteiger partial charge >= 0.3 is 0 Å². The van der Waals surface area contributed by atoms with Crippen LogP contribution in [0.1, 0.15) is 5.56 Å². The Labute approximate surface area is 55.7 Å². The molecule has 0 atom stereocenters. The molecule has 9 heavy (non-hydrogen) atoms. The van der Waals surface area contributed by atoms with Crippen molar-refractivity contribution in [2.45, 2.75) is 6.42 Å². The van der Waals surface area contributed by atoms with Crippen molar-refractivity contribution < 1.29 is 0 Å². The molecule has 0 aromatic carbocycles. The van der Waals surface area contributed by atoms with Crippen LogP contribution in [0.25, 0.3) is 0 Å². The SMILES string of the molecule is [CH2-][CH+]Cc1ccncc1. The van der Waals surface area contributed by atoms with Gasteiger partial charge in [-0.3, -0.25) is 4.98 Å². The van der Waals surface area contributed by atoms with Gasteiger partial charge in [0.2, 0.25) is 0 Å². The summed E-state index contributed by atoms with van der Waals surface area (Å²) in [5.74, 6) is 0. The Bertz CT molecular complexity index is 157. The molecule has 1 rings (SSSR count). The zero-order chi connectivity index (χ0) is 6.53. The van der Waals surface area contributed by atoms with Crippen LogP contribution in [0.3, 0.4) is 0 Å². The standard InChI is InChI=1S/C8H9N/c1-2-3-8-4-6-9-7-5-8/h2,4-7H,1,3H2. The van der Waals surface area contributed by atoms with Crippen molar-refractivity contribution >= 4 is 0 Å². The monoisotopic (exact) mass is 119 g/mol. The number of hydrogen-bond donors (Lipinski definition) is 0. The summed E-state index contributed by atoms with van der Waals surface area (Å²) in [5, 5.41) is 0. The molecular formula is C8H9N. The van der Waals surface area contributed by atoms with Crippen LogP contribution in [0.2, 0.25) is 0 Å². The van der Waals surface area contributed by atoms with Gasteiger partial charge in [0.25, 0.3) is 0 Å². The summed E-state index contributed by atoms with van der Waals surface area (Å²) < 4.78 is 0. The molecule has 0 spiro atoms. The lowest BCUT2D eigenvalue weighted by molar-refractivity contribution is 1.16. The van der Waals surface area contributed by atoms with Crippen LogP contribution in [0.4, 0.5) is 0 Å². The van der Waals surface area contributed by atoms with E-state index in [2.05, 4.69) is 11.9 Å². The molecule has 0 saturated heterocycles. The molecule has 1 aromatic rings. The van der Waals surface area contributed by atoms with Crippen molar-refractivity contribution in [3.8, 4) is 0 Å². The highest BCUT2D eigenvalue weighted by atomic mass is 14.6. The normalized spacial score (nSPS) is 9.00. The average Bonchev–Trinajstić information content (AvgIpc) is 1.91. The lowest BCUT2D eigenvalue weighted by Crippen LogP contribution is -1.81. The van der Waals surface area contributed by atoms with E-state index in [0.717, 1.165) is 6.42 Å². The number of rotatable bonds is 2. The van der Waals surface area contributed by atoms with Gasteiger partial charge in [0.1, 0.15) is 0 Å². The summed E-state index contributed by atoms with van der Waals surface area (Å²) in [6, 6.07) is 3.98. The third-order valence-electron chi connectivity index (χ3n) is 1.13. The van der Waals surface area contributed by atoms with Gasteiger partial charge in [-0.1, -0.05) is 6.42 Å². The van der Waals surface area contributed by atoms with E-state index in [-0.39, 0.29) is 0 Å². The van der Waals surface area contributed by atoms with Gasteiger partial charge in [-0.15, -0.1) is 6.92 Å². The smallest absolute Gasteiger partial charge is 0.0821 e. The van der Waals surface area contributed by atoms with Crippen molar-refractivity contribution in [3.63, 3.8) is 0 Å². The molecule has 0 aliphatic carbocycles. The fraction of sp³-hybridized carbons (Fsp3) is 0.125. The molecule has 0 aliphatic heterocycles. The lowest BCUT2D eigenvalue weighted by atomic mass is 10.2. The first-order chi connectivity index (χ1) is 4.43. The molecule has 0 amide bonds. The minimum atomic E-state index is 0.933. The highest BCUT2D eigenvalue weighted by molar-refractivity contribution is 5.12. The van der Waals surface area contributed by atoms with E-state index < -0.39 is 0 Å². The molecule has 1 nitrogen and oxygen atoms in total. The first kappa shape index (κ1) is 6.14. The van der Waals surface area contributed by atoms with Crippen LogP contribution in [0.15, 0.2) is 24.5 Å². The Morgan fingerprint density at radius 2 is 2.11 bits per heavy atom. The molecule has 0 fully saturated rings. The zero-order valence-corrected chi connectivity index (χ0v) is 5.25. The van der Waals surface area contributed by atoms with E-state index in [1.807, 2.05) is 18.6 Å². The van der Waals surface area contributed by atoms with Crippen molar-refractivity contribution in [3.05, 3.63) is 43.4 Å². The van der Waals surface area contributed by atoms with Crippen LogP contribution in [0.5, 0.6) is 0 Å². The third kappa shape index (κ3) is 1.76. The first-order valence-corrected chi connectivity index (χ1v) is 2.93. The van der Waals surface area contributed by atoms with Gasteiger partial charge in [0.05, 0.1) is 6.42 Å². The highest BCUT2D eigenvalue weighted by Crippen LogP contribution is 1.97. The molecule has 1 heteroatoms. The average molecular weight is 119 g/mol. The molecule has 0 aliphatic rings. The molecule has 0 saturated carbocycles. The Hall–Kier alpha value is -0.980. The maximum absolute atomic E-state index is 3.89.